The molecule has 4 rings (SSSR count). The quantitative estimate of drug-likeness (QED) is 0.753. The van der Waals surface area contributed by atoms with Gasteiger partial charge in [0.2, 0.25) is 5.91 Å². The van der Waals surface area contributed by atoms with Crippen LogP contribution in [0.2, 0.25) is 0 Å². The summed E-state index contributed by atoms with van der Waals surface area (Å²) < 4.78 is 5.32. The average molecular weight is 396 g/mol. The lowest BCUT2D eigenvalue weighted by Crippen LogP contribution is -2.50. The third-order valence-corrected chi connectivity index (χ3v) is 6.37. The number of hydrogen-bond donors (Lipinski definition) is 0. The van der Waals surface area contributed by atoms with Gasteiger partial charge in [-0.25, -0.2) is 4.98 Å². The third kappa shape index (κ3) is 3.93. The van der Waals surface area contributed by atoms with E-state index >= 15 is 0 Å². The van der Waals surface area contributed by atoms with Crippen molar-refractivity contribution >= 4 is 11.8 Å². The number of oxazole rings is 1. The van der Waals surface area contributed by atoms with Crippen LogP contribution in [0.1, 0.15) is 54.4 Å². The lowest BCUT2D eigenvalue weighted by molar-refractivity contribution is -0.145. The van der Waals surface area contributed by atoms with Crippen molar-refractivity contribution in [2.75, 3.05) is 26.2 Å². The van der Waals surface area contributed by atoms with Gasteiger partial charge in [-0.2, -0.15) is 0 Å². The zero-order valence-electron chi connectivity index (χ0n) is 17.1. The second-order valence-electron chi connectivity index (χ2n) is 8.22. The fourth-order valence-electron chi connectivity index (χ4n) is 4.75. The topological polar surface area (TPSA) is 66.7 Å². The van der Waals surface area contributed by atoms with Crippen LogP contribution < -0.4 is 0 Å². The van der Waals surface area contributed by atoms with E-state index in [1.165, 1.54) is 12.0 Å². The van der Waals surface area contributed by atoms with E-state index in [9.17, 15) is 9.59 Å². The molecule has 154 valence electrons. The third-order valence-electron chi connectivity index (χ3n) is 6.37. The summed E-state index contributed by atoms with van der Waals surface area (Å²) in [4.78, 5) is 34.2. The van der Waals surface area contributed by atoms with Crippen molar-refractivity contribution in [3.05, 3.63) is 53.7 Å². The van der Waals surface area contributed by atoms with Gasteiger partial charge >= 0.3 is 0 Å². The largest absolute Gasteiger partial charge is 0.448 e. The Balaban J connectivity index is 1.38. The molecule has 0 bridgehead atoms. The van der Waals surface area contributed by atoms with E-state index in [1.54, 1.807) is 4.90 Å². The molecule has 0 radical (unpaired) electrons. The lowest BCUT2D eigenvalue weighted by Gasteiger charge is -2.39. The fraction of sp³-hybridized carbons (Fsp3) is 0.522. The van der Waals surface area contributed by atoms with Crippen molar-refractivity contribution < 1.29 is 14.0 Å². The molecular formula is C23H29N3O3. The minimum absolute atomic E-state index is 0.110. The Labute approximate surface area is 171 Å². The van der Waals surface area contributed by atoms with Crippen molar-refractivity contribution in [2.45, 2.75) is 45.4 Å². The van der Waals surface area contributed by atoms with Crippen molar-refractivity contribution in [1.82, 2.24) is 14.8 Å². The number of rotatable bonds is 6. The molecule has 2 fully saturated rings. The molecule has 1 unspecified atom stereocenters. The van der Waals surface area contributed by atoms with E-state index in [0.29, 0.717) is 31.0 Å². The summed E-state index contributed by atoms with van der Waals surface area (Å²) in [5.74, 6) is 0.734. The molecule has 2 amide bonds. The Morgan fingerprint density at radius 2 is 2.03 bits per heavy atom. The van der Waals surface area contributed by atoms with E-state index in [4.69, 9.17) is 4.42 Å². The molecule has 1 aromatic heterocycles. The van der Waals surface area contributed by atoms with Crippen LogP contribution in [0.15, 0.2) is 41.1 Å². The molecule has 6 heteroatoms. The molecule has 2 aromatic rings. The van der Waals surface area contributed by atoms with Crippen LogP contribution >= 0.6 is 0 Å². The summed E-state index contributed by atoms with van der Waals surface area (Å²) in [5, 5.41) is 0. The normalized spacial score (nSPS) is 21.9. The number of aromatic nitrogens is 1. The summed E-state index contributed by atoms with van der Waals surface area (Å²) in [6.07, 6.45) is 6.52. The summed E-state index contributed by atoms with van der Waals surface area (Å²) >= 11 is 0. The maximum atomic E-state index is 13.3. The summed E-state index contributed by atoms with van der Waals surface area (Å²) in [6, 6.07) is 10.4. The number of carbonyl (C=O) groups is 2. The van der Waals surface area contributed by atoms with Crippen LogP contribution in [0.5, 0.6) is 0 Å². The van der Waals surface area contributed by atoms with Gasteiger partial charge in [0.1, 0.15) is 5.76 Å². The molecule has 1 aromatic carbocycles. The summed E-state index contributed by atoms with van der Waals surface area (Å²) in [5.41, 5.74) is 1.28. The summed E-state index contributed by atoms with van der Waals surface area (Å²) in [7, 11) is 0. The maximum Gasteiger partial charge on any atom is 0.276 e. The van der Waals surface area contributed by atoms with Crippen molar-refractivity contribution in [3.63, 3.8) is 0 Å². The number of hydrogen-bond acceptors (Lipinski definition) is 4. The number of aryl methyl sites for hydroxylation is 2. The highest BCUT2D eigenvalue weighted by atomic mass is 16.3. The minimum Gasteiger partial charge on any atom is -0.448 e. The zero-order chi connectivity index (χ0) is 20.3. The standard InChI is InChI=1S/C23H29N3O3/c1-2-19-20(24-17-29-19)21(27)26-15-12-23(16-26)11-7-14-25(22(23)28)13-6-10-18-8-4-3-5-9-18/h3-5,8-9,17H,2,6-7,10-16H2,1H3. The van der Waals surface area contributed by atoms with Crippen LogP contribution in [0.3, 0.4) is 0 Å². The highest BCUT2D eigenvalue weighted by Crippen LogP contribution is 2.40. The predicted molar refractivity (Wildman–Crippen MR) is 109 cm³/mol. The average Bonchev–Trinajstić information content (AvgIpc) is 3.39. The second kappa shape index (κ2) is 8.39. The Hall–Kier alpha value is -2.63. The number of carbonyl (C=O) groups excluding carboxylic acids is 2. The van der Waals surface area contributed by atoms with Crippen molar-refractivity contribution in [3.8, 4) is 0 Å². The van der Waals surface area contributed by atoms with E-state index in [-0.39, 0.29) is 11.8 Å². The molecule has 1 atom stereocenters. The first-order valence-electron chi connectivity index (χ1n) is 10.7. The molecule has 3 heterocycles. The number of piperidine rings is 1. The molecule has 1 spiro atoms. The zero-order valence-corrected chi connectivity index (χ0v) is 17.1. The van der Waals surface area contributed by atoms with Crippen LogP contribution in [0.25, 0.3) is 0 Å². The minimum atomic E-state index is -0.420. The number of amides is 2. The van der Waals surface area contributed by atoms with Gasteiger partial charge in [-0.3, -0.25) is 9.59 Å². The first-order chi connectivity index (χ1) is 14.1. The first kappa shape index (κ1) is 19.7. The van der Waals surface area contributed by atoms with Crippen molar-refractivity contribution in [1.29, 1.82) is 0 Å². The van der Waals surface area contributed by atoms with Gasteiger partial charge in [0.15, 0.2) is 12.1 Å². The van der Waals surface area contributed by atoms with Crippen LogP contribution in [0.4, 0.5) is 0 Å². The second-order valence-corrected chi connectivity index (χ2v) is 8.22. The fourth-order valence-corrected chi connectivity index (χ4v) is 4.75. The monoisotopic (exact) mass is 395 g/mol. The van der Waals surface area contributed by atoms with Gasteiger partial charge in [-0.15, -0.1) is 0 Å². The number of likely N-dealkylation sites (tertiary alicyclic amines) is 2. The SMILES string of the molecule is CCc1ocnc1C(=O)N1CCC2(CCCN(CCCc3ccccc3)C2=O)C1. The van der Waals surface area contributed by atoms with Gasteiger partial charge in [0.05, 0.1) is 5.41 Å². The number of benzene rings is 1. The van der Waals surface area contributed by atoms with E-state index < -0.39 is 5.41 Å². The number of nitrogens with zero attached hydrogens (tertiary/aromatic N) is 3. The van der Waals surface area contributed by atoms with Gasteiger partial charge in [0.25, 0.3) is 5.91 Å². The van der Waals surface area contributed by atoms with Crippen LogP contribution in [-0.4, -0.2) is 52.8 Å². The first-order valence-corrected chi connectivity index (χ1v) is 10.7. The van der Waals surface area contributed by atoms with E-state index in [1.807, 2.05) is 17.9 Å². The Bertz CT molecular complexity index is 863. The van der Waals surface area contributed by atoms with Gasteiger partial charge in [0, 0.05) is 32.6 Å². The maximum absolute atomic E-state index is 13.3. The molecule has 2 aliphatic heterocycles. The predicted octanol–water partition coefficient (Wildman–Crippen LogP) is 3.32. The molecule has 2 saturated heterocycles. The molecule has 0 saturated carbocycles. The molecular weight excluding hydrogens is 366 g/mol. The van der Waals surface area contributed by atoms with Gasteiger partial charge in [-0.05, 0) is 37.7 Å². The Morgan fingerprint density at radius 3 is 2.83 bits per heavy atom. The lowest BCUT2D eigenvalue weighted by atomic mass is 9.78. The molecule has 0 aliphatic carbocycles. The molecule has 6 nitrogen and oxygen atoms in total. The van der Waals surface area contributed by atoms with Crippen molar-refractivity contribution in [2.24, 2.45) is 5.41 Å². The highest BCUT2D eigenvalue weighted by Gasteiger charge is 2.49. The van der Waals surface area contributed by atoms with Crippen LogP contribution in [-0.2, 0) is 17.6 Å². The Kier molecular flexibility index (Phi) is 5.69. The van der Waals surface area contributed by atoms with E-state index in [2.05, 4.69) is 29.2 Å². The smallest absolute Gasteiger partial charge is 0.276 e. The molecule has 2 aliphatic rings. The van der Waals surface area contributed by atoms with Gasteiger partial charge in [-0.1, -0.05) is 37.3 Å². The van der Waals surface area contributed by atoms with E-state index in [0.717, 1.165) is 45.2 Å². The highest BCUT2D eigenvalue weighted by molar-refractivity contribution is 5.94. The molecule has 0 N–H and O–H groups in total. The summed E-state index contributed by atoms with van der Waals surface area (Å²) in [6.45, 7) is 4.66. The Morgan fingerprint density at radius 1 is 1.21 bits per heavy atom. The molecule has 29 heavy (non-hydrogen) atoms. The van der Waals surface area contributed by atoms with Crippen LogP contribution in [0, 0.1) is 5.41 Å². The van der Waals surface area contributed by atoms with Gasteiger partial charge < -0.3 is 14.2 Å².